The van der Waals surface area contributed by atoms with Crippen LogP contribution in [0, 0.1) is 0 Å². The maximum Gasteiger partial charge on any atom is 0.416 e. The number of ether oxygens (including phenoxy) is 1. The van der Waals surface area contributed by atoms with Gasteiger partial charge in [0.05, 0.1) is 33.1 Å². The minimum absolute atomic E-state index is 0.000565. The summed E-state index contributed by atoms with van der Waals surface area (Å²) in [6.07, 6.45) is -3.62. The highest BCUT2D eigenvalue weighted by atomic mass is 32.2. The van der Waals surface area contributed by atoms with Crippen LogP contribution in [0.25, 0.3) is 0 Å². The molecule has 0 radical (unpaired) electrons. The molecule has 2 aromatic rings. The van der Waals surface area contributed by atoms with Gasteiger partial charge in [-0.2, -0.15) is 18.3 Å². The van der Waals surface area contributed by atoms with Gasteiger partial charge in [-0.25, -0.2) is 12.8 Å². The van der Waals surface area contributed by atoms with Crippen molar-refractivity contribution in [2.75, 3.05) is 6.61 Å². The van der Waals surface area contributed by atoms with Gasteiger partial charge in [-0.3, -0.25) is 4.68 Å². The Morgan fingerprint density at radius 2 is 1.97 bits per heavy atom. The molecule has 2 heterocycles. The Labute approximate surface area is 183 Å². The number of nitrogens with zero attached hydrogens (tertiary/aromatic N) is 2. The molecule has 1 saturated heterocycles. The molecule has 11 heteroatoms. The number of hydrogen-bond acceptors (Lipinski definition) is 5. The molecule has 1 aromatic heterocycles. The summed E-state index contributed by atoms with van der Waals surface area (Å²) in [4.78, 5) is -0.382. The fraction of sp³-hybridized carbons (Fsp3) is 0.571. The Morgan fingerprint density at radius 1 is 1.25 bits per heavy atom. The molecular formula is C21H25F4N3O3S. The Balaban J connectivity index is 1.66. The fourth-order valence-electron chi connectivity index (χ4n) is 4.08. The molecule has 2 unspecified atom stereocenters. The van der Waals surface area contributed by atoms with Crippen LogP contribution >= 0.6 is 0 Å². The number of sulfone groups is 1. The normalized spacial score (nSPS) is 25.6. The average Bonchev–Trinajstić information content (AvgIpc) is 3.31. The molecule has 32 heavy (non-hydrogen) atoms. The van der Waals surface area contributed by atoms with Crippen molar-refractivity contribution in [3.8, 4) is 0 Å². The molecule has 4 rings (SSSR count). The summed E-state index contributed by atoms with van der Waals surface area (Å²) in [5, 5.41) is 4.24. The number of nitrogens with two attached hydrogens (primary N) is 1. The maximum absolute atomic E-state index is 13.4. The summed E-state index contributed by atoms with van der Waals surface area (Å²) in [7, 11) is -4.13. The zero-order chi connectivity index (χ0) is 23.4. The van der Waals surface area contributed by atoms with E-state index < -0.39 is 44.6 Å². The van der Waals surface area contributed by atoms with Crippen molar-refractivity contribution in [2.45, 2.75) is 73.3 Å². The van der Waals surface area contributed by atoms with Gasteiger partial charge in [0.1, 0.15) is 12.8 Å². The van der Waals surface area contributed by atoms with E-state index in [-0.39, 0.29) is 30.0 Å². The lowest BCUT2D eigenvalue weighted by Gasteiger charge is -2.38. The summed E-state index contributed by atoms with van der Waals surface area (Å²) >= 11 is 0. The Morgan fingerprint density at radius 3 is 2.59 bits per heavy atom. The second kappa shape index (κ2) is 7.81. The van der Waals surface area contributed by atoms with Gasteiger partial charge in [0.25, 0.3) is 0 Å². The fourth-order valence-corrected chi connectivity index (χ4v) is 5.92. The Kier molecular flexibility index (Phi) is 5.66. The number of rotatable bonds is 6. The SMILES string of the molecule is CC1(S(=O)(=O)c2cccc(C(F)(F)F)c2)CCOC(c2cc(CF)nn2CC2(N)CC2)C1. The van der Waals surface area contributed by atoms with Crippen LogP contribution in [0.2, 0.25) is 0 Å². The van der Waals surface area contributed by atoms with Gasteiger partial charge >= 0.3 is 6.18 Å². The van der Waals surface area contributed by atoms with Crippen LogP contribution in [0.4, 0.5) is 17.6 Å². The summed E-state index contributed by atoms with van der Waals surface area (Å²) in [6, 6.07) is 5.32. The molecule has 176 valence electrons. The minimum Gasteiger partial charge on any atom is -0.372 e. The van der Waals surface area contributed by atoms with E-state index in [1.807, 2.05) is 0 Å². The van der Waals surface area contributed by atoms with Gasteiger partial charge in [-0.15, -0.1) is 0 Å². The zero-order valence-corrected chi connectivity index (χ0v) is 18.3. The van der Waals surface area contributed by atoms with Gasteiger partial charge in [-0.1, -0.05) is 6.07 Å². The number of halogens is 4. The monoisotopic (exact) mass is 475 g/mol. The van der Waals surface area contributed by atoms with Gasteiger partial charge in [0.15, 0.2) is 9.84 Å². The van der Waals surface area contributed by atoms with Crippen molar-refractivity contribution in [1.29, 1.82) is 0 Å². The molecule has 1 aromatic carbocycles. The van der Waals surface area contributed by atoms with Crippen molar-refractivity contribution in [2.24, 2.45) is 5.73 Å². The Hall–Kier alpha value is -1.98. The molecular weight excluding hydrogens is 450 g/mol. The van der Waals surface area contributed by atoms with E-state index in [4.69, 9.17) is 10.5 Å². The minimum atomic E-state index is -4.65. The molecule has 1 saturated carbocycles. The van der Waals surface area contributed by atoms with E-state index in [1.54, 1.807) is 10.7 Å². The molecule has 2 fully saturated rings. The predicted octanol–water partition coefficient (Wildman–Crippen LogP) is 3.95. The predicted molar refractivity (Wildman–Crippen MR) is 108 cm³/mol. The van der Waals surface area contributed by atoms with Crippen molar-refractivity contribution in [3.63, 3.8) is 0 Å². The van der Waals surface area contributed by atoms with E-state index in [9.17, 15) is 26.0 Å². The first-order valence-electron chi connectivity index (χ1n) is 10.3. The first-order chi connectivity index (χ1) is 14.9. The van der Waals surface area contributed by atoms with Crippen LogP contribution in [-0.2, 0) is 34.0 Å². The lowest BCUT2D eigenvalue weighted by molar-refractivity contribution is -0.137. The van der Waals surface area contributed by atoms with Crippen LogP contribution in [0.5, 0.6) is 0 Å². The standard InChI is InChI=1S/C21H25F4N3O3S/c1-19(32(29,30)16-4-2-3-14(9-16)21(23,24)25)7-8-31-18(11-19)17-10-15(12-22)27-28(17)13-20(26)5-6-20/h2-4,9-10,18H,5-8,11-13,26H2,1H3. The third-order valence-electron chi connectivity index (χ3n) is 6.37. The third-order valence-corrected chi connectivity index (χ3v) is 8.92. The highest BCUT2D eigenvalue weighted by molar-refractivity contribution is 7.92. The summed E-state index contributed by atoms with van der Waals surface area (Å²) in [5.74, 6) is 0. The van der Waals surface area contributed by atoms with E-state index in [0.29, 0.717) is 18.3 Å². The smallest absolute Gasteiger partial charge is 0.372 e. The molecule has 0 amide bonds. The highest BCUT2D eigenvalue weighted by Gasteiger charge is 2.47. The van der Waals surface area contributed by atoms with E-state index in [0.717, 1.165) is 25.0 Å². The van der Waals surface area contributed by atoms with E-state index in [2.05, 4.69) is 5.10 Å². The topological polar surface area (TPSA) is 87.2 Å². The van der Waals surface area contributed by atoms with Crippen molar-refractivity contribution < 1.29 is 30.7 Å². The highest BCUT2D eigenvalue weighted by Crippen LogP contribution is 2.43. The van der Waals surface area contributed by atoms with Gasteiger partial charge in [0, 0.05) is 12.1 Å². The van der Waals surface area contributed by atoms with Crippen molar-refractivity contribution >= 4 is 9.84 Å². The summed E-state index contributed by atoms with van der Waals surface area (Å²) in [5.41, 5.74) is 5.48. The van der Waals surface area contributed by atoms with Crippen LogP contribution in [0.3, 0.4) is 0 Å². The second-order valence-electron chi connectivity index (χ2n) is 9.01. The lowest BCUT2D eigenvalue weighted by atomic mass is 9.94. The molecule has 1 aliphatic carbocycles. The van der Waals surface area contributed by atoms with Gasteiger partial charge < -0.3 is 10.5 Å². The molecule has 6 nitrogen and oxygen atoms in total. The number of aromatic nitrogens is 2. The average molecular weight is 476 g/mol. The zero-order valence-electron chi connectivity index (χ0n) is 17.5. The van der Waals surface area contributed by atoms with Gasteiger partial charge in [-0.05, 0) is 56.9 Å². The van der Waals surface area contributed by atoms with E-state index in [1.165, 1.54) is 13.0 Å². The van der Waals surface area contributed by atoms with Crippen LogP contribution in [-0.4, -0.2) is 35.1 Å². The van der Waals surface area contributed by atoms with Crippen LogP contribution < -0.4 is 5.73 Å². The first kappa shape index (κ1) is 23.2. The number of alkyl halides is 4. The Bertz CT molecular complexity index is 1110. The molecule has 0 bridgehead atoms. The molecule has 1 aliphatic heterocycles. The lowest BCUT2D eigenvalue weighted by Crippen LogP contribution is -2.43. The quantitative estimate of drug-likeness (QED) is 0.640. The third kappa shape index (κ3) is 4.29. The molecule has 0 spiro atoms. The maximum atomic E-state index is 13.4. The van der Waals surface area contributed by atoms with Crippen molar-refractivity contribution in [1.82, 2.24) is 9.78 Å². The first-order valence-corrected chi connectivity index (χ1v) is 11.8. The van der Waals surface area contributed by atoms with E-state index >= 15 is 0 Å². The number of benzene rings is 1. The van der Waals surface area contributed by atoms with Crippen LogP contribution in [0.1, 0.15) is 55.7 Å². The molecule has 2 N–H and O–H groups in total. The largest absolute Gasteiger partial charge is 0.416 e. The van der Waals surface area contributed by atoms with Gasteiger partial charge in [0.2, 0.25) is 0 Å². The van der Waals surface area contributed by atoms with Crippen molar-refractivity contribution in [3.05, 3.63) is 47.3 Å². The van der Waals surface area contributed by atoms with Crippen LogP contribution in [0.15, 0.2) is 35.2 Å². The summed E-state index contributed by atoms with van der Waals surface area (Å²) < 4.78 is 85.6. The number of hydrogen-bond donors (Lipinski definition) is 1. The molecule has 2 atom stereocenters. The molecule has 2 aliphatic rings. The second-order valence-corrected chi connectivity index (χ2v) is 11.5. The summed E-state index contributed by atoms with van der Waals surface area (Å²) in [6.45, 7) is 1.17.